The molecule has 1 saturated heterocycles. The number of rotatable bonds is 5. The predicted octanol–water partition coefficient (Wildman–Crippen LogP) is 2.73. The first-order chi connectivity index (χ1) is 12.5. The summed E-state index contributed by atoms with van der Waals surface area (Å²) in [5.74, 6) is 1.44. The van der Waals surface area contributed by atoms with E-state index in [4.69, 9.17) is 4.42 Å². The second kappa shape index (κ2) is 7.81. The van der Waals surface area contributed by atoms with Crippen LogP contribution in [0.3, 0.4) is 0 Å². The first-order valence-corrected chi connectivity index (χ1v) is 9.18. The van der Waals surface area contributed by atoms with E-state index in [1.165, 1.54) is 6.92 Å². The van der Waals surface area contributed by atoms with Crippen molar-refractivity contribution in [2.45, 2.75) is 40.2 Å². The van der Waals surface area contributed by atoms with Crippen LogP contribution in [0.25, 0.3) is 0 Å². The average molecular weight is 357 g/mol. The van der Waals surface area contributed by atoms with Gasteiger partial charge in [-0.05, 0) is 50.8 Å². The molecule has 0 bridgehead atoms. The van der Waals surface area contributed by atoms with Crippen LogP contribution in [0.1, 0.15) is 47.3 Å². The number of furan rings is 1. The minimum Gasteiger partial charge on any atom is -0.467 e. The Balaban J connectivity index is 1.64. The first-order valence-electron chi connectivity index (χ1n) is 9.18. The van der Waals surface area contributed by atoms with Crippen LogP contribution in [0.15, 0.2) is 28.9 Å². The number of hydrogen-bond acceptors (Lipinski definition) is 3. The molecule has 2 aromatic heterocycles. The van der Waals surface area contributed by atoms with Crippen LogP contribution in [-0.4, -0.2) is 40.9 Å². The lowest BCUT2D eigenvalue weighted by Crippen LogP contribution is -2.41. The lowest BCUT2D eigenvalue weighted by atomic mass is 9.96. The number of piperidine rings is 1. The maximum Gasteiger partial charge on any atom is 0.255 e. The molecule has 0 atom stereocenters. The summed E-state index contributed by atoms with van der Waals surface area (Å²) in [5, 5.41) is 2.88. The van der Waals surface area contributed by atoms with Crippen LogP contribution in [0.5, 0.6) is 0 Å². The molecule has 2 amide bonds. The molecular weight excluding hydrogens is 330 g/mol. The Morgan fingerprint density at radius 1 is 1.27 bits per heavy atom. The topological polar surface area (TPSA) is 67.5 Å². The number of likely N-dealkylation sites (tertiary alicyclic amines) is 1. The van der Waals surface area contributed by atoms with Crippen LogP contribution < -0.4 is 5.32 Å². The lowest BCUT2D eigenvalue weighted by molar-refractivity contribution is -0.119. The van der Waals surface area contributed by atoms with Gasteiger partial charge in [0.25, 0.3) is 5.91 Å². The Morgan fingerprint density at radius 3 is 2.62 bits per heavy atom. The van der Waals surface area contributed by atoms with Gasteiger partial charge in [-0.15, -0.1) is 0 Å². The lowest BCUT2D eigenvalue weighted by Gasteiger charge is -2.32. The molecule has 3 heterocycles. The molecule has 6 heteroatoms. The van der Waals surface area contributed by atoms with Gasteiger partial charge in [0.2, 0.25) is 5.91 Å². The number of nitrogens with zero attached hydrogens (tertiary/aromatic N) is 2. The van der Waals surface area contributed by atoms with Crippen molar-refractivity contribution < 1.29 is 14.0 Å². The number of amides is 2. The van der Waals surface area contributed by atoms with Gasteiger partial charge >= 0.3 is 0 Å². The summed E-state index contributed by atoms with van der Waals surface area (Å²) in [6.07, 6.45) is 3.52. The molecule has 26 heavy (non-hydrogen) atoms. The van der Waals surface area contributed by atoms with Crippen molar-refractivity contribution in [3.05, 3.63) is 47.2 Å². The largest absolute Gasteiger partial charge is 0.467 e. The molecule has 140 valence electrons. The van der Waals surface area contributed by atoms with Gasteiger partial charge in [0, 0.05) is 37.9 Å². The van der Waals surface area contributed by atoms with Crippen molar-refractivity contribution >= 4 is 11.8 Å². The zero-order chi connectivity index (χ0) is 18.7. The van der Waals surface area contributed by atoms with Crippen LogP contribution in [0.2, 0.25) is 0 Å². The van der Waals surface area contributed by atoms with E-state index in [9.17, 15) is 9.59 Å². The average Bonchev–Trinajstić information content (AvgIpc) is 3.23. The van der Waals surface area contributed by atoms with Gasteiger partial charge in [0.05, 0.1) is 18.4 Å². The highest BCUT2D eigenvalue weighted by molar-refractivity contribution is 5.95. The molecule has 0 aliphatic carbocycles. The summed E-state index contributed by atoms with van der Waals surface area (Å²) < 4.78 is 7.56. The third kappa shape index (κ3) is 4.00. The minimum absolute atomic E-state index is 0.00695. The SMILES string of the molecule is CC(=O)NCC1CCN(C(=O)c2cc(C)n(Cc3ccco3)c2C)CC1. The molecule has 0 radical (unpaired) electrons. The number of hydrogen-bond donors (Lipinski definition) is 1. The second-order valence-corrected chi connectivity index (χ2v) is 7.12. The fourth-order valence-electron chi connectivity index (χ4n) is 3.62. The van der Waals surface area contributed by atoms with Crippen molar-refractivity contribution in [3.63, 3.8) is 0 Å². The molecule has 0 saturated carbocycles. The quantitative estimate of drug-likeness (QED) is 0.895. The van der Waals surface area contributed by atoms with E-state index in [0.29, 0.717) is 19.0 Å². The van der Waals surface area contributed by atoms with Gasteiger partial charge in [-0.3, -0.25) is 9.59 Å². The summed E-state index contributed by atoms with van der Waals surface area (Å²) >= 11 is 0. The van der Waals surface area contributed by atoms with Crippen molar-refractivity contribution in [1.29, 1.82) is 0 Å². The van der Waals surface area contributed by atoms with Crippen molar-refractivity contribution in [1.82, 2.24) is 14.8 Å². The van der Waals surface area contributed by atoms with Crippen molar-refractivity contribution in [2.75, 3.05) is 19.6 Å². The molecule has 2 aromatic rings. The van der Waals surface area contributed by atoms with Crippen molar-refractivity contribution in [3.8, 4) is 0 Å². The Hall–Kier alpha value is -2.50. The molecular formula is C20H27N3O3. The highest BCUT2D eigenvalue weighted by Gasteiger charge is 2.26. The van der Waals surface area contributed by atoms with Gasteiger partial charge in [-0.1, -0.05) is 0 Å². The Bertz CT molecular complexity index is 769. The van der Waals surface area contributed by atoms with Crippen LogP contribution >= 0.6 is 0 Å². The first kappa shape index (κ1) is 18.3. The molecule has 0 unspecified atom stereocenters. The zero-order valence-corrected chi connectivity index (χ0v) is 15.7. The minimum atomic E-state index is 0.00695. The maximum absolute atomic E-state index is 13.0. The predicted molar refractivity (Wildman–Crippen MR) is 99.0 cm³/mol. The normalized spacial score (nSPS) is 15.3. The number of nitrogens with one attached hydrogen (secondary N) is 1. The number of aryl methyl sites for hydroxylation is 1. The molecule has 3 rings (SSSR count). The molecule has 0 aromatic carbocycles. The van der Waals surface area contributed by atoms with E-state index in [2.05, 4.69) is 9.88 Å². The van der Waals surface area contributed by atoms with Gasteiger partial charge in [0.1, 0.15) is 5.76 Å². The third-order valence-electron chi connectivity index (χ3n) is 5.24. The van der Waals surface area contributed by atoms with E-state index in [1.54, 1.807) is 6.26 Å². The molecule has 0 spiro atoms. The van der Waals surface area contributed by atoms with E-state index in [1.807, 2.05) is 36.9 Å². The number of carbonyl (C=O) groups excluding carboxylic acids is 2. The van der Waals surface area contributed by atoms with Crippen LogP contribution in [-0.2, 0) is 11.3 Å². The fourth-order valence-corrected chi connectivity index (χ4v) is 3.62. The molecule has 1 fully saturated rings. The highest BCUT2D eigenvalue weighted by atomic mass is 16.3. The van der Waals surface area contributed by atoms with Gasteiger partial charge < -0.3 is 19.2 Å². The third-order valence-corrected chi connectivity index (χ3v) is 5.24. The standard InChI is InChI=1S/C20H27N3O3/c1-14-11-19(15(2)23(14)13-18-5-4-10-26-18)20(25)22-8-6-17(7-9-22)12-21-16(3)24/h4-5,10-11,17H,6-9,12-13H2,1-3H3,(H,21,24). The Labute approximate surface area is 154 Å². The second-order valence-electron chi connectivity index (χ2n) is 7.12. The number of carbonyl (C=O) groups is 2. The summed E-state index contributed by atoms with van der Waals surface area (Å²) in [6.45, 7) is 8.37. The molecule has 1 N–H and O–H groups in total. The monoisotopic (exact) mass is 357 g/mol. The highest BCUT2D eigenvalue weighted by Crippen LogP contribution is 2.23. The van der Waals surface area contributed by atoms with Crippen molar-refractivity contribution in [2.24, 2.45) is 5.92 Å². The molecule has 1 aliphatic heterocycles. The smallest absolute Gasteiger partial charge is 0.255 e. The summed E-state index contributed by atoms with van der Waals surface area (Å²) in [4.78, 5) is 26.0. The van der Waals surface area contributed by atoms with E-state index in [-0.39, 0.29) is 11.8 Å². The van der Waals surface area contributed by atoms with Gasteiger partial charge in [0.15, 0.2) is 0 Å². The Morgan fingerprint density at radius 2 is 2.00 bits per heavy atom. The maximum atomic E-state index is 13.0. The van der Waals surface area contributed by atoms with Gasteiger partial charge in [-0.2, -0.15) is 0 Å². The fraction of sp³-hybridized carbons (Fsp3) is 0.500. The molecule has 1 aliphatic rings. The van der Waals surface area contributed by atoms with E-state index in [0.717, 1.165) is 48.6 Å². The van der Waals surface area contributed by atoms with Crippen LogP contribution in [0, 0.1) is 19.8 Å². The summed E-state index contributed by atoms with van der Waals surface area (Å²) in [5.41, 5.74) is 2.81. The Kier molecular flexibility index (Phi) is 5.49. The molecule has 6 nitrogen and oxygen atoms in total. The van der Waals surface area contributed by atoms with E-state index >= 15 is 0 Å². The zero-order valence-electron chi connectivity index (χ0n) is 15.7. The summed E-state index contributed by atoms with van der Waals surface area (Å²) in [7, 11) is 0. The van der Waals surface area contributed by atoms with Crippen LogP contribution in [0.4, 0.5) is 0 Å². The van der Waals surface area contributed by atoms with E-state index < -0.39 is 0 Å². The number of aromatic nitrogens is 1. The summed E-state index contributed by atoms with van der Waals surface area (Å²) in [6, 6.07) is 5.80. The van der Waals surface area contributed by atoms with Gasteiger partial charge in [-0.25, -0.2) is 0 Å².